The standard InChI is InChI=1S/C19H23N3S/c1-14(2)15-6-8-16(9-7-15)21-19(23)22(18-10-11-18)13-17-5-3-4-12-20-17/h3-9,12,14,18H,10-11,13H2,1-2H3,(H,21,23). The highest BCUT2D eigenvalue weighted by Gasteiger charge is 2.31. The molecule has 1 aliphatic carbocycles. The molecule has 4 heteroatoms. The van der Waals surface area contributed by atoms with Gasteiger partial charge >= 0.3 is 0 Å². The number of aromatic nitrogens is 1. The molecule has 1 aromatic heterocycles. The Hall–Kier alpha value is -1.94. The highest BCUT2D eigenvalue weighted by Crippen LogP contribution is 2.29. The van der Waals surface area contributed by atoms with Gasteiger partial charge in [0.25, 0.3) is 0 Å². The average molecular weight is 325 g/mol. The summed E-state index contributed by atoms with van der Waals surface area (Å²) in [7, 11) is 0. The van der Waals surface area contributed by atoms with Crippen molar-refractivity contribution in [3.63, 3.8) is 0 Å². The summed E-state index contributed by atoms with van der Waals surface area (Å²) in [5.41, 5.74) is 3.44. The molecule has 2 aromatic rings. The van der Waals surface area contributed by atoms with Crippen LogP contribution < -0.4 is 5.32 Å². The molecule has 1 N–H and O–H groups in total. The molecule has 1 fully saturated rings. The summed E-state index contributed by atoms with van der Waals surface area (Å²) >= 11 is 5.64. The summed E-state index contributed by atoms with van der Waals surface area (Å²) in [6, 6.07) is 15.1. The molecule has 0 saturated heterocycles. The average Bonchev–Trinajstić information content (AvgIpc) is 3.39. The van der Waals surface area contributed by atoms with Gasteiger partial charge in [-0.2, -0.15) is 0 Å². The van der Waals surface area contributed by atoms with Gasteiger partial charge in [0.2, 0.25) is 0 Å². The zero-order valence-corrected chi connectivity index (χ0v) is 14.5. The Kier molecular flexibility index (Phi) is 4.91. The van der Waals surface area contributed by atoms with Crippen molar-refractivity contribution < 1.29 is 0 Å². The summed E-state index contributed by atoms with van der Waals surface area (Å²) in [5, 5.41) is 4.17. The fourth-order valence-corrected chi connectivity index (χ4v) is 2.90. The van der Waals surface area contributed by atoms with Crippen LogP contribution >= 0.6 is 12.2 Å². The minimum absolute atomic E-state index is 0.545. The van der Waals surface area contributed by atoms with E-state index in [1.807, 2.05) is 18.3 Å². The van der Waals surface area contributed by atoms with Crippen LogP contribution in [0, 0.1) is 0 Å². The summed E-state index contributed by atoms with van der Waals surface area (Å²) in [4.78, 5) is 6.68. The lowest BCUT2D eigenvalue weighted by Crippen LogP contribution is -2.36. The van der Waals surface area contributed by atoms with Crippen LogP contribution in [0.4, 0.5) is 5.69 Å². The van der Waals surface area contributed by atoms with E-state index in [1.54, 1.807) is 0 Å². The molecule has 1 aliphatic rings. The summed E-state index contributed by atoms with van der Waals surface area (Å²) in [6.07, 6.45) is 4.25. The Morgan fingerprint density at radius 3 is 2.52 bits per heavy atom. The second kappa shape index (κ2) is 7.09. The highest BCUT2D eigenvalue weighted by atomic mass is 32.1. The molecule has 1 aromatic carbocycles. The highest BCUT2D eigenvalue weighted by molar-refractivity contribution is 7.80. The molecular formula is C19H23N3S. The van der Waals surface area contributed by atoms with Gasteiger partial charge in [0.05, 0.1) is 12.2 Å². The van der Waals surface area contributed by atoms with Crippen LogP contribution in [0.15, 0.2) is 48.7 Å². The third kappa shape index (κ3) is 4.29. The minimum Gasteiger partial charge on any atom is -0.340 e. The Labute approximate surface area is 143 Å². The maximum absolute atomic E-state index is 5.64. The van der Waals surface area contributed by atoms with Gasteiger partial charge < -0.3 is 10.2 Å². The molecule has 0 atom stereocenters. The van der Waals surface area contributed by atoms with Crippen molar-refractivity contribution in [1.29, 1.82) is 0 Å². The molecule has 0 radical (unpaired) electrons. The monoisotopic (exact) mass is 325 g/mol. The third-order valence-corrected chi connectivity index (χ3v) is 4.47. The molecule has 1 saturated carbocycles. The Morgan fingerprint density at radius 1 is 1.22 bits per heavy atom. The van der Waals surface area contributed by atoms with E-state index in [1.165, 1.54) is 18.4 Å². The molecule has 0 amide bonds. The number of benzene rings is 1. The Balaban J connectivity index is 1.67. The van der Waals surface area contributed by atoms with Gasteiger partial charge in [0.1, 0.15) is 0 Å². The summed E-state index contributed by atoms with van der Waals surface area (Å²) in [5.74, 6) is 0.545. The van der Waals surface area contributed by atoms with Crippen LogP contribution in [0.1, 0.15) is 43.9 Å². The minimum atomic E-state index is 0.545. The first kappa shape index (κ1) is 15.9. The van der Waals surface area contributed by atoms with Gasteiger partial charge in [-0.05, 0) is 60.8 Å². The number of pyridine rings is 1. The summed E-state index contributed by atoms with van der Waals surface area (Å²) in [6.45, 7) is 5.17. The number of hydrogen-bond donors (Lipinski definition) is 1. The molecule has 0 unspecified atom stereocenters. The van der Waals surface area contributed by atoms with Crippen molar-refractivity contribution in [2.45, 2.75) is 45.2 Å². The van der Waals surface area contributed by atoms with Crippen molar-refractivity contribution in [3.05, 3.63) is 59.9 Å². The van der Waals surface area contributed by atoms with E-state index in [4.69, 9.17) is 12.2 Å². The lowest BCUT2D eigenvalue weighted by Gasteiger charge is -2.25. The maximum atomic E-state index is 5.64. The van der Waals surface area contributed by atoms with Crippen LogP contribution in [0.2, 0.25) is 0 Å². The van der Waals surface area contributed by atoms with E-state index >= 15 is 0 Å². The Morgan fingerprint density at radius 2 is 1.96 bits per heavy atom. The number of rotatable bonds is 5. The Bertz CT molecular complexity index is 648. The molecule has 23 heavy (non-hydrogen) atoms. The third-order valence-electron chi connectivity index (χ3n) is 4.14. The first-order valence-electron chi connectivity index (χ1n) is 8.21. The lowest BCUT2D eigenvalue weighted by atomic mass is 10.0. The SMILES string of the molecule is CC(C)c1ccc(NC(=S)N(Cc2ccccn2)C2CC2)cc1. The van der Waals surface area contributed by atoms with Crippen LogP contribution in [-0.2, 0) is 6.54 Å². The van der Waals surface area contributed by atoms with Crippen molar-refractivity contribution in [1.82, 2.24) is 9.88 Å². The molecule has 0 spiro atoms. The van der Waals surface area contributed by atoms with E-state index in [2.05, 4.69) is 59.4 Å². The van der Waals surface area contributed by atoms with Crippen molar-refractivity contribution in [2.24, 2.45) is 0 Å². The normalized spacial score (nSPS) is 13.9. The van der Waals surface area contributed by atoms with E-state index in [0.717, 1.165) is 23.0 Å². The number of nitrogens with zero attached hydrogens (tertiary/aromatic N) is 2. The van der Waals surface area contributed by atoms with Crippen LogP contribution in [0.25, 0.3) is 0 Å². The lowest BCUT2D eigenvalue weighted by molar-refractivity contribution is 0.404. The number of anilines is 1. The van der Waals surface area contributed by atoms with E-state index in [0.29, 0.717) is 12.0 Å². The maximum Gasteiger partial charge on any atom is 0.174 e. The first-order valence-corrected chi connectivity index (χ1v) is 8.62. The fourth-order valence-electron chi connectivity index (χ4n) is 2.57. The van der Waals surface area contributed by atoms with Crippen LogP contribution in [-0.4, -0.2) is 21.0 Å². The fraction of sp³-hybridized carbons (Fsp3) is 0.368. The second-order valence-electron chi connectivity index (χ2n) is 6.39. The van der Waals surface area contributed by atoms with Gasteiger partial charge in [-0.15, -0.1) is 0 Å². The molecule has 3 nitrogen and oxygen atoms in total. The smallest absolute Gasteiger partial charge is 0.174 e. The second-order valence-corrected chi connectivity index (χ2v) is 6.77. The molecule has 120 valence electrons. The van der Waals surface area contributed by atoms with Crippen LogP contribution in [0.5, 0.6) is 0 Å². The number of hydrogen-bond acceptors (Lipinski definition) is 2. The van der Waals surface area contributed by atoms with E-state index in [-0.39, 0.29) is 0 Å². The largest absolute Gasteiger partial charge is 0.340 e. The number of nitrogens with one attached hydrogen (secondary N) is 1. The zero-order chi connectivity index (χ0) is 16.2. The predicted molar refractivity (Wildman–Crippen MR) is 99.6 cm³/mol. The van der Waals surface area contributed by atoms with Gasteiger partial charge in [-0.1, -0.05) is 32.0 Å². The molecular weight excluding hydrogens is 302 g/mol. The van der Waals surface area contributed by atoms with Gasteiger partial charge in [-0.3, -0.25) is 4.98 Å². The summed E-state index contributed by atoms with van der Waals surface area (Å²) < 4.78 is 0. The first-order chi connectivity index (χ1) is 11.1. The van der Waals surface area contributed by atoms with Crippen molar-refractivity contribution in [3.8, 4) is 0 Å². The van der Waals surface area contributed by atoms with Gasteiger partial charge in [-0.25, -0.2) is 0 Å². The predicted octanol–water partition coefficient (Wildman–Crippen LogP) is 4.57. The number of thiocarbonyl (C=S) groups is 1. The molecule has 0 bridgehead atoms. The van der Waals surface area contributed by atoms with E-state index in [9.17, 15) is 0 Å². The van der Waals surface area contributed by atoms with Gasteiger partial charge in [0.15, 0.2) is 5.11 Å². The molecule has 3 rings (SSSR count). The quantitative estimate of drug-likeness (QED) is 0.815. The van der Waals surface area contributed by atoms with Crippen LogP contribution in [0.3, 0.4) is 0 Å². The van der Waals surface area contributed by atoms with Gasteiger partial charge in [0, 0.05) is 17.9 Å². The molecule has 1 heterocycles. The zero-order valence-electron chi connectivity index (χ0n) is 13.7. The van der Waals surface area contributed by atoms with Crippen molar-refractivity contribution in [2.75, 3.05) is 5.32 Å². The van der Waals surface area contributed by atoms with Crippen molar-refractivity contribution >= 4 is 23.0 Å². The van der Waals surface area contributed by atoms with E-state index < -0.39 is 0 Å². The topological polar surface area (TPSA) is 28.2 Å². The molecule has 0 aliphatic heterocycles.